The third-order valence-electron chi connectivity index (χ3n) is 4.82. The number of carbonyl (C=O) groups excluding carboxylic acids is 1. The summed E-state index contributed by atoms with van der Waals surface area (Å²) in [6, 6.07) is 7.14. The molecule has 0 bridgehead atoms. The van der Waals surface area contributed by atoms with Crippen LogP contribution < -0.4 is 5.32 Å². The first kappa shape index (κ1) is 19.4. The quantitative estimate of drug-likeness (QED) is 0.712. The van der Waals surface area contributed by atoms with Crippen LogP contribution in [-0.2, 0) is 16.0 Å². The van der Waals surface area contributed by atoms with E-state index < -0.39 is 11.5 Å². The van der Waals surface area contributed by atoms with Crippen LogP contribution in [0, 0.1) is 0 Å². The van der Waals surface area contributed by atoms with E-state index in [4.69, 9.17) is 21.2 Å². The second kappa shape index (κ2) is 8.52. The molecule has 1 aromatic heterocycles. The zero-order chi connectivity index (χ0) is 19.3. The first-order chi connectivity index (χ1) is 13.0. The van der Waals surface area contributed by atoms with Gasteiger partial charge in [0.1, 0.15) is 0 Å². The molecule has 0 atom stereocenters. The molecule has 0 unspecified atom stereocenters. The van der Waals surface area contributed by atoms with Gasteiger partial charge >= 0.3 is 5.97 Å². The van der Waals surface area contributed by atoms with Crippen molar-refractivity contribution in [3.8, 4) is 11.4 Å². The number of halogens is 1. The molecule has 144 valence electrons. The molecule has 0 spiro atoms. The third kappa shape index (κ3) is 5.29. The average molecular weight is 392 g/mol. The molecular formula is C19H22ClN3O4. The van der Waals surface area contributed by atoms with Gasteiger partial charge in [-0.25, -0.2) is 0 Å². The van der Waals surface area contributed by atoms with E-state index in [1.165, 1.54) is 0 Å². The molecule has 2 N–H and O–H groups in total. The fourth-order valence-electron chi connectivity index (χ4n) is 3.52. The van der Waals surface area contributed by atoms with Crippen LogP contribution in [0.25, 0.3) is 11.4 Å². The summed E-state index contributed by atoms with van der Waals surface area (Å²) in [4.78, 5) is 27.7. The number of carboxylic acids is 1. The molecule has 27 heavy (non-hydrogen) atoms. The van der Waals surface area contributed by atoms with Gasteiger partial charge in [0.25, 0.3) is 0 Å². The van der Waals surface area contributed by atoms with Crippen molar-refractivity contribution < 1.29 is 19.2 Å². The molecular weight excluding hydrogens is 370 g/mol. The Morgan fingerprint density at radius 1 is 1.22 bits per heavy atom. The lowest BCUT2D eigenvalue weighted by atomic mass is 9.93. The van der Waals surface area contributed by atoms with Gasteiger partial charge < -0.3 is 14.9 Å². The summed E-state index contributed by atoms with van der Waals surface area (Å²) in [6.07, 6.45) is 4.65. The molecule has 1 aromatic carbocycles. The summed E-state index contributed by atoms with van der Waals surface area (Å²) in [5.74, 6) is -0.0558. The van der Waals surface area contributed by atoms with Gasteiger partial charge in [0, 0.05) is 23.4 Å². The molecule has 3 rings (SSSR count). The van der Waals surface area contributed by atoms with Gasteiger partial charge in [0.15, 0.2) is 0 Å². The van der Waals surface area contributed by atoms with Crippen molar-refractivity contribution in [2.24, 2.45) is 0 Å². The summed E-state index contributed by atoms with van der Waals surface area (Å²) in [7, 11) is 0. The maximum atomic E-state index is 12.3. The predicted molar refractivity (Wildman–Crippen MR) is 99.3 cm³/mol. The van der Waals surface area contributed by atoms with E-state index in [0.717, 1.165) is 31.2 Å². The van der Waals surface area contributed by atoms with Crippen molar-refractivity contribution >= 4 is 23.5 Å². The summed E-state index contributed by atoms with van der Waals surface area (Å²) < 4.78 is 5.23. The molecule has 1 aliphatic carbocycles. The highest BCUT2D eigenvalue weighted by atomic mass is 35.5. The van der Waals surface area contributed by atoms with Gasteiger partial charge in [0.05, 0.1) is 12.0 Å². The molecule has 2 aromatic rings. The van der Waals surface area contributed by atoms with E-state index in [2.05, 4.69) is 15.5 Å². The topological polar surface area (TPSA) is 105 Å². The zero-order valence-electron chi connectivity index (χ0n) is 14.9. The minimum atomic E-state index is -0.877. The Bertz CT molecular complexity index is 798. The van der Waals surface area contributed by atoms with E-state index in [1.54, 1.807) is 12.1 Å². The van der Waals surface area contributed by atoms with Crippen LogP contribution in [-0.4, -0.2) is 32.7 Å². The van der Waals surface area contributed by atoms with Gasteiger partial charge in [-0.3, -0.25) is 9.59 Å². The normalized spacial score (nSPS) is 15.6. The fourth-order valence-corrected chi connectivity index (χ4v) is 3.64. The van der Waals surface area contributed by atoms with Crippen LogP contribution in [0.15, 0.2) is 28.8 Å². The molecule has 0 saturated heterocycles. The van der Waals surface area contributed by atoms with Crippen LogP contribution in [0.3, 0.4) is 0 Å². The smallest absolute Gasteiger partial charge is 0.305 e. The van der Waals surface area contributed by atoms with Crippen molar-refractivity contribution in [3.05, 3.63) is 35.2 Å². The monoisotopic (exact) mass is 391 g/mol. The molecule has 0 aliphatic heterocycles. The fraction of sp³-hybridized carbons (Fsp3) is 0.474. The average Bonchev–Trinajstić information content (AvgIpc) is 3.25. The van der Waals surface area contributed by atoms with Gasteiger partial charge in [-0.05, 0) is 43.5 Å². The van der Waals surface area contributed by atoms with Crippen molar-refractivity contribution in [1.82, 2.24) is 15.5 Å². The number of carboxylic acid groups (broad SMARTS) is 1. The standard InChI is InChI=1S/C19H22ClN3O4/c20-14-8-6-13(7-9-14)18-21-16(27-23-18)5-3-4-15(24)22-19(12-17(25)26)10-1-2-11-19/h6-9H,1-5,10-12H2,(H,22,24)(H,25,26). The molecule has 7 nitrogen and oxygen atoms in total. The van der Waals surface area contributed by atoms with E-state index in [9.17, 15) is 9.59 Å². The minimum Gasteiger partial charge on any atom is -0.481 e. The molecule has 1 aliphatic rings. The molecule has 1 heterocycles. The Kier molecular flexibility index (Phi) is 6.11. The molecule has 1 saturated carbocycles. The lowest BCUT2D eigenvalue weighted by molar-refractivity contribution is -0.139. The van der Waals surface area contributed by atoms with E-state index in [1.807, 2.05) is 12.1 Å². The maximum absolute atomic E-state index is 12.3. The summed E-state index contributed by atoms with van der Waals surface area (Å²) >= 11 is 5.87. The summed E-state index contributed by atoms with van der Waals surface area (Å²) in [6.45, 7) is 0. The highest BCUT2D eigenvalue weighted by Crippen LogP contribution is 2.32. The molecule has 1 amide bonds. The summed E-state index contributed by atoms with van der Waals surface area (Å²) in [5, 5.41) is 16.6. The number of aromatic nitrogens is 2. The van der Waals surface area contributed by atoms with Crippen LogP contribution in [0.2, 0.25) is 5.02 Å². The molecule has 1 fully saturated rings. The lowest BCUT2D eigenvalue weighted by Crippen LogP contribution is -2.47. The van der Waals surface area contributed by atoms with Gasteiger partial charge in [0.2, 0.25) is 17.6 Å². The summed E-state index contributed by atoms with van der Waals surface area (Å²) in [5.41, 5.74) is 0.221. The van der Waals surface area contributed by atoms with Crippen LogP contribution in [0.1, 0.15) is 50.8 Å². The number of hydrogen-bond acceptors (Lipinski definition) is 5. The number of carbonyl (C=O) groups is 2. The van der Waals surface area contributed by atoms with Crippen molar-refractivity contribution in [3.63, 3.8) is 0 Å². The second-order valence-electron chi connectivity index (χ2n) is 6.98. The van der Waals surface area contributed by atoms with Gasteiger partial charge in [-0.15, -0.1) is 0 Å². The number of hydrogen-bond donors (Lipinski definition) is 2. The number of nitrogens with zero attached hydrogens (tertiary/aromatic N) is 2. The minimum absolute atomic E-state index is 0.0210. The Balaban J connectivity index is 1.49. The highest BCUT2D eigenvalue weighted by molar-refractivity contribution is 6.30. The number of benzene rings is 1. The molecule has 8 heteroatoms. The van der Waals surface area contributed by atoms with E-state index in [0.29, 0.717) is 36.0 Å². The molecule has 0 radical (unpaired) electrons. The number of amides is 1. The second-order valence-corrected chi connectivity index (χ2v) is 7.41. The largest absolute Gasteiger partial charge is 0.481 e. The number of rotatable bonds is 8. The lowest BCUT2D eigenvalue weighted by Gasteiger charge is -2.28. The van der Waals surface area contributed by atoms with Crippen LogP contribution in [0.4, 0.5) is 0 Å². The van der Waals surface area contributed by atoms with Crippen molar-refractivity contribution in [2.45, 2.75) is 56.9 Å². The SMILES string of the molecule is O=C(O)CC1(NC(=O)CCCc2nc(-c3ccc(Cl)cc3)no2)CCCC1. The van der Waals surface area contributed by atoms with Gasteiger partial charge in [-0.1, -0.05) is 29.6 Å². The van der Waals surface area contributed by atoms with Gasteiger partial charge in [-0.2, -0.15) is 4.98 Å². The highest BCUT2D eigenvalue weighted by Gasteiger charge is 2.37. The third-order valence-corrected chi connectivity index (χ3v) is 5.07. The van der Waals surface area contributed by atoms with Crippen LogP contribution >= 0.6 is 11.6 Å². The first-order valence-corrected chi connectivity index (χ1v) is 9.45. The Labute approximate surface area is 162 Å². The van der Waals surface area contributed by atoms with Crippen molar-refractivity contribution in [1.29, 1.82) is 0 Å². The number of nitrogens with one attached hydrogen (secondary N) is 1. The Hall–Kier alpha value is -2.41. The van der Waals surface area contributed by atoms with Crippen LogP contribution in [0.5, 0.6) is 0 Å². The van der Waals surface area contributed by atoms with E-state index in [-0.39, 0.29) is 12.3 Å². The van der Waals surface area contributed by atoms with Crippen molar-refractivity contribution in [2.75, 3.05) is 0 Å². The zero-order valence-corrected chi connectivity index (χ0v) is 15.7. The Morgan fingerprint density at radius 3 is 2.59 bits per heavy atom. The maximum Gasteiger partial charge on any atom is 0.305 e. The Morgan fingerprint density at radius 2 is 1.93 bits per heavy atom. The first-order valence-electron chi connectivity index (χ1n) is 9.07. The predicted octanol–water partition coefficient (Wildman–Crippen LogP) is 3.62. The van der Waals surface area contributed by atoms with E-state index >= 15 is 0 Å². The number of aliphatic carboxylic acids is 1. The number of aryl methyl sites for hydroxylation is 1.